The van der Waals surface area contributed by atoms with Crippen LogP contribution in [0.25, 0.3) is 0 Å². The van der Waals surface area contributed by atoms with Crippen molar-refractivity contribution in [3.8, 4) is 0 Å². The zero-order valence-corrected chi connectivity index (χ0v) is 17.6. The van der Waals surface area contributed by atoms with Gasteiger partial charge in [-0.05, 0) is 54.8 Å². The van der Waals surface area contributed by atoms with Crippen LogP contribution in [0.15, 0.2) is 48.5 Å². The fraction of sp³-hybridized carbons (Fsp3) is 0.417. The van der Waals surface area contributed by atoms with E-state index in [1.54, 1.807) is 4.90 Å². The van der Waals surface area contributed by atoms with Crippen LogP contribution in [0.1, 0.15) is 28.8 Å². The average Bonchev–Trinajstić information content (AvgIpc) is 2.80. The SMILES string of the molecule is O=C(Nc1cccc(CN2CCOCC2)c1)C1CCCN(C(=O)c2ccc(F)cc2)C1. The van der Waals surface area contributed by atoms with E-state index in [1.807, 2.05) is 18.2 Å². The molecule has 1 N–H and O–H groups in total. The topological polar surface area (TPSA) is 61.9 Å². The van der Waals surface area contributed by atoms with E-state index < -0.39 is 0 Å². The molecule has 2 amide bonds. The molecule has 1 atom stereocenters. The smallest absolute Gasteiger partial charge is 0.253 e. The third kappa shape index (κ3) is 5.68. The number of piperidine rings is 1. The van der Waals surface area contributed by atoms with Gasteiger partial charge in [-0.3, -0.25) is 14.5 Å². The Morgan fingerprint density at radius 2 is 1.84 bits per heavy atom. The van der Waals surface area contributed by atoms with Gasteiger partial charge in [-0.25, -0.2) is 4.39 Å². The Morgan fingerprint density at radius 1 is 1.06 bits per heavy atom. The van der Waals surface area contributed by atoms with E-state index in [-0.39, 0.29) is 23.5 Å². The Labute approximate surface area is 182 Å². The third-order valence-corrected chi connectivity index (χ3v) is 5.87. The van der Waals surface area contributed by atoms with Gasteiger partial charge in [-0.15, -0.1) is 0 Å². The normalized spacial score (nSPS) is 19.8. The summed E-state index contributed by atoms with van der Waals surface area (Å²) in [6, 6.07) is 13.5. The molecule has 6 nitrogen and oxygen atoms in total. The van der Waals surface area contributed by atoms with Crippen LogP contribution in [0.4, 0.5) is 10.1 Å². The molecule has 2 saturated heterocycles. The number of halogens is 1. The lowest BCUT2D eigenvalue weighted by molar-refractivity contribution is -0.121. The monoisotopic (exact) mass is 425 g/mol. The van der Waals surface area contributed by atoms with Crippen LogP contribution in [0.2, 0.25) is 0 Å². The first-order valence-corrected chi connectivity index (χ1v) is 10.8. The van der Waals surface area contributed by atoms with Crippen LogP contribution in [0.3, 0.4) is 0 Å². The molecule has 0 radical (unpaired) electrons. The quantitative estimate of drug-likeness (QED) is 0.800. The Hall–Kier alpha value is -2.77. The number of likely N-dealkylation sites (tertiary alicyclic amines) is 1. The number of carbonyl (C=O) groups excluding carboxylic acids is 2. The van der Waals surface area contributed by atoms with Gasteiger partial charge in [-0.2, -0.15) is 0 Å². The van der Waals surface area contributed by atoms with Crippen molar-refractivity contribution in [1.29, 1.82) is 0 Å². The summed E-state index contributed by atoms with van der Waals surface area (Å²) in [5.74, 6) is -0.866. The summed E-state index contributed by atoms with van der Waals surface area (Å²) in [5, 5.41) is 3.03. The van der Waals surface area contributed by atoms with Gasteiger partial charge in [0.1, 0.15) is 5.82 Å². The molecule has 2 aromatic carbocycles. The molecule has 1 unspecified atom stereocenters. The maximum Gasteiger partial charge on any atom is 0.253 e. The Morgan fingerprint density at radius 3 is 2.61 bits per heavy atom. The molecule has 4 rings (SSSR count). The third-order valence-electron chi connectivity index (χ3n) is 5.87. The minimum atomic E-state index is -0.372. The van der Waals surface area contributed by atoms with Crippen molar-refractivity contribution in [2.75, 3.05) is 44.7 Å². The van der Waals surface area contributed by atoms with E-state index in [0.29, 0.717) is 18.7 Å². The number of hydrogen-bond acceptors (Lipinski definition) is 4. The van der Waals surface area contributed by atoms with Gasteiger partial charge in [-0.1, -0.05) is 12.1 Å². The van der Waals surface area contributed by atoms with Crippen LogP contribution in [0, 0.1) is 11.7 Å². The van der Waals surface area contributed by atoms with Crippen LogP contribution >= 0.6 is 0 Å². The van der Waals surface area contributed by atoms with Gasteiger partial charge in [0.2, 0.25) is 5.91 Å². The summed E-state index contributed by atoms with van der Waals surface area (Å²) in [6.07, 6.45) is 1.51. The number of morpholine rings is 1. The van der Waals surface area contributed by atoms with Crippen LogP contribution in [0.5, 0.6) is 0 Å². The van der Waals surface area contributed by atoms with Crippen molar-refractivity contribution in [3.63, 3.8) is 0 Å². The summed E-state index contributed by atoms with van der Waals surface area (Å²) in [4.78, 5) is 29.7. The van der Waals surface area contributed by atoms with Crippen LogP contribution in [-0.2, 0) is 16.1 Å². The predicted octanol–water partition coefficient (Wildman–Crippen LogP) is 3.15. The maximum absolute atomic E-state index is 13.1. The molecule has 7 heteroatoms. The molecular weight excluding hydrogens is 397 g/mol. The molecule has 0 bridgehead atoms. The molecule has 2 heterocycles. The molecule has 164 valence electrons. The molecule has 2 fully saturated rings. The molecule has 0 aromatic heterocycles. The summed E-state index contributed by atoms with van der Waals surface area (Å²) in [7, 11) is 0. The van der Waals surface area contributed by atoms with Crippen molar-refractivity contribution in [3.05, 3.63) is 65.5 Å². The van der Waals surface area contributed by atoms with E-state index in [1.165, 1.54) is 24.3 Å². The van der Waals surface area contributed by atoms with Gasteiger partial charge in [0, 0.05) is 44.0 Å². The molecule has 2 aliphatic rings. The van der Waals surface area contributed by atoms with Crippen LogP contribution < -0.4 is 5.32 Å². The first-order chi connectivity index (χ1) is 15.1. The molecule has 31 heavy (non-hydrogen) atoms. The highest BCUT2D eigenvalue weighted by atomic mass is 19.1. The van der Waals surface area contributed by atoms with Crippen molar-refractivity contribution in [2.24, 2.45) is 5.92 Å². The maximum atomic E-state index is 13.1. The Kier molecular flexibility index (Phi) is 6.94. The zero-order valence-electron chi connectivity index (χ0n) is 17.6. The van der Waals surface area contributed by atoms with E-state index >= 15 is 0 Å². The first kappa shape index (κ1) is 21.5. The number of carbonyl (C=O) groups is 2. The highest BCUT2D eigenvalue weighted by Gasteiger charge is 2.29. The Bertz CT molecular complexity index is 913. The van der Waals surface area contributed by atoms with Gasteiger partial charge in [0.25, 0.3) is 5.91 Å². The first-order valence-electron chi connectivity index (χ1n) is 10.8. The van der Waals surface area contributed by atoms with E-state index in [9.17, 15) is 14.0 Å². The van der Waals surface area contributed by atoms with Gasteiger partial charge in [0.15, 0.2) is 0 Å². The summed E-state index contributed by atoms with van der Waals surface area (Å²) >= 11 is 0. The summed E-state index contributed by atoms with van der Waals surface area (Å²) in [6.45, 7) is 5.14. The van der Waals surface area contributed by atoms with Crippen molar-refractivity contribution in [2.45, 2.75) is 19.4 Å². The number of nitrogens with zero attached hydrogens (tertiary/aromatic N) is 2. The van der Waals surface area contributed by atoms with E-state index in [4.69, 9.17) is 4.74 Å². The van der Waals surface area contributed by atoms with Crippen molar-refractivity contribution < 1.29 is 18.7 Å². The molecule has 2 aromatic rings. The number of benzene rings is 2. The number of rotatable bonds is 5. The number of hydrogen-bond donors (Lipinski definition) is 1. The predicted molar refractivity (Wildman–Crippen MR) is 116 cm³/mol. The second-order valence-corrected chi connectivity index (χ2v) is 8.18. The van der Waals surface area contributed by atoms with E-state index in [0.717, 1.165) is 56.9 Å². The lowest BCUT2D eigenvalue weighted by atomic mass is 9.96. The van der Waals surface area contributed by atoms with Gasteiger partial charge in [0.05, 0.1) is 19.1 Å². The minimum absolute atomic E-state index is 0.0693. The Balaban J connectivity index is 1.35. The number of amides is 2. The molecule has 2 aliphatic heterocycles. The standard InChI is InChI=1S/C24H28FN3O3/c25-21-8-6-19(7-9-21)24(30)28-10-2-4-20(17-28)23(29)26-22-5-1-3-18(15-22)16-27-11-13-31-14-12-27/h1,3,5-9,15,20H,2,4,10-14,16-17H2,(H,26,29). The minimum Gasteiger partial charge on any atom is -0.379 e. The largest absolute Gasteiger partial charge is 0.379 e. The summed E-state index contributed by atoms with van der Waals surface area (Å²) < 4.78 is 18.5. The molecule has 0 saturated carbocycles. The molecular formula is C24H28FN3O3. The number of ether oxygens (including phenoxy) is 1. The second kappa shape index (κ2) is 10.0. The van der Waals surface area contributed by atoms with Crippen LogP contribution in [-0.4, -0.2) is 61.0 Å². The molecule has 0 aliphatic carbocycles. The second-order valence-electron chi connectivity index (χ2n) is 8.18. The average molecular weight is 426 g/mol. The van der Waals surface area contributed by atoms with Gasteiger partial charge >= 0.3 is 0 Å². The lowest BCUT2D eigenvalue weighted by Crippen LogP contribution is -2.43. The van der Waals surface area contributed by atoms with Crippen molar-refractivity contribution >= 4 is 17.5 Å². The number of nitrogens with one attached hydrogen (secondary N) is 1. The fourth-order valence-corrected chi connectivity index (χ4v) is 4.16. The van der Waals surface area contributed by atoms with Gasteiger partial charge < -0.3 is 15.0 Å². The highest BCUT2D eigenvalue weighted by molar-refractivity contribution is 5.96. The fourth-order valence-electron chi connectivity index (χ4n) is 4.16. The number of anilines is 1. The highest BCUT2D eigenvalue weighted by Crippen LogP contribution is 2.21. The lowest BCUT2D eigenvalue weighted by Gasteiger charge is -2.32. The zero-order chi connectivity index (χ0) is 21.6. The molecule has 0 spiro atoms. The summed E-state index contributed by atoms with van der Waals surface area (Å²) in [5.41, 5.74) is 2.37. The van der Waals surface area contributed by atoms with E-state index in [2.05, 4.69) is 16.3 Å². The van der Waals surface area contributed by atoms with Crippen molar-refractivity contribution in [1.82, 2.24) is 9.80 Å².